The van der Waals surface area contributed by atoms with E-state index >= 15 is 0 Å². The number of nitrogens with one attached hydrogen (secondary N) is 1. The molecule has 2 rings (SSSR count). The number of carbonyl (C=O) groups is 2. The lowest BCUT2D eigenvalue weighted by molar-refractivity contribution is -0.147. The van der Waals surface area contributed by atoms with Crippen molar-refractivity contribution in [2.24, 2.45) is 0 Å². The van der Waals surface area contributed by atoms with Crippen molar-refractivity contribution >= 4 is 28.9 Å². The molecule has 0 aliphatic heterocycles. The minimum atomic E-state index is -1.68. The van der Waals surface area contributed by atoms with Crippen molar-refractivity contribution in [1.29, 1.82) is 0 Å². The second kappa shape index (κ2) is 7.77. The molecule has 0 radical (unpaired) electrons. The summed E-state index contributed by atoms with van der Waals surface area (Å²) < 4.78 is 43.9. The largest absolute Gasteiger partial charge is 0.456 e. The predicted octanol–water partition coefficient (Wildman–Crippen LogP) is 3.28. The first-order valence-electron chi connectivity index (χ1n) is 6.57. The molecule has 8 heteroatoms. The Labute approximate surface area is 133 Å². The number of hydrogen-bond donors (Lipinski definition) is 1. The van der Waals surface area contributed by atoms with Crippen molar-refractivity contribution in [2.45, 2.75) is 12.8 Å². The third-order valence-electron chi connectivity index (χ3n) is 2.87. The number of esters is 1. The molecular formula is C15H12F3NO3S. The molecule has 0 fully saturated rings. The number of anilines is 1. The number of carbonyl (C=O) groups excluding carboxylic acids is 2. The Morgan fingerprint density at radius 1 is 1.13 bits per heavy atom. The van der Waals surface area contributed by atoms with E-state index in [0.717, 1.165) is 11.6 Å². The van der Waals surface area contributed by atoms with Crippen molar-refractivity contribution in [3.8, 4) is 0 Å². The number of rotatable bonds is 6. The van der Waals surface area contributed by atoms with Crippen molar-refractivity contribution in [1.82, 2.24) is 0 Å². The molecule has 0 saturated carbocycles. The molecule has 0 bridgehead atoms. The van der Waals surface area contributed by atoms with Gasteiger partial charge in [0.25, 0.3) is 5.91 Å². The van der Waals surface area contributed by atoms with Crippen molar-refractivity contribution < 1.29 is 27.5 Å². The molecule has 0 aliphatic rings. The van der Waals surface area contributed by atoms with Gasteiger partial charge in [-0.3, -0.25) is 9.59 Å². The first-order valence-corrected chi connectivity index (χ1v) is 7.51. The average molecular weight is 343 g/mol. The van der Waals surface area contributed by atoms with Gasteiger partial charge < -0.3 is 10.1 Å². The van der Waals surface area contributed by atoms with E-state index in [2.05, 4.69) is 0 Å². The van der Waals surface area contributed by atoms with E-state index in [1.54, 1.807) is 0 Å². The topological polar surface area (TPSA) is 55.4 Å². The summed E-state index contributed by atoms with van der Waals surface area (Å²) in [7, 11) is 0. The van der Waals surface area contributed by atoms with Crippen LogP contribution in [0.4, 0.5) is 18.9 Å². The Bertz CT molecular complexity index is 704. The van der Waals surface area contributed by atoms with Gasteiger partial charge in [-0.05, 0) is 40.9 Å². The zero-order valence-corrected chi connectivity index (χ0v) is 12.6. The van der Waals surface area contributed by atoms with Gasteiger partial charge in [0, 0.05) is 6.42 Å². The zero-order valence-electron chi connectivity index (χ0n) is 11.8. The highest BCUT2D eigenvalue weighted by atomic mass is 32.1. The molecule has 1 aromatic carbocycles. The molecule has 1 aromatic heterocycles. The average Bonchev–Trinajstić information content (AvgIpc) is 3.05. The highest BCUT2D eigenvalue weighted by Crippen LogP contribution is 2.19. The predicted molar refractivity (Wildman–Crippen MR) is 78.5 cm³/mol. The van der Waals surface area contributed by atoms with Gasteiger partial charge in [0.2, 0.25) is 0 Å². The van der Waals surface area contributed by atoms with Crippen LogP contribution in [0.15, 0.2) is 29.0 Å². The first kappa shape index (κ1) is 17.0. The van der Waals surface area contributed by atoms with Crippen molar-refractivity contribution in [2.75, 3.05) is 11.9 Å². The molecule has 0 saturated heterocycles. The smallest absolute Gasteiger partial charge is 0.306 e. The lowest BCUT2D eigenvalue weighted by Gasteiger charge is -2.08. The number of amides is 1. The normalized spacial score (nSPS) is 10.4. The zero-order chi connectivity index (χ0) is 16.8. The van der Waals surface area contributed by atoms with E-state index < -0.39 is 41.6 Å². The molecule has 0 unspecified atom stereocenters. The third kappa shape index (κ3) is 4.82. The fourth-order valence-electron chi connectivity index (χ4n) is 1.71. The molecule has 0 spiro atoms. The molecule has 0 atom stereocenters. The number of ether oxygens (including phenoxy) is 1. The van der Waals surface area contributed by atoms with E-state index in [0.29, 0.717) is 12.5 Å². The van der Waals surface area contributed by atoms with E-state index in [9.17, 15) is 22.8 Å². The molecule has 4 nitrogen and oxygen atoms in total. The van der Waals surface area contributed by atoms with Crippen LogP contribution in [0.1, 0.15) is 12.0 Å². The van der Waals surface area contributed by atoms with Crippen molar-refractivity contribution in [3.63, 3.8) is 0 Å². The summed E-state index contributed by atoms with van der Waals surface area (Å²) in [5.41, 5.74) is 0.462. The van der Waals surface area contributed by atoms with Gasteiger partial charge in [-0.25, -0.2) is 13.2 Å². The second-order valence-electron chi connectivity index (χ2n) is 4.56. The summed E-state index contributed by atoms with van der Waals surface area (Å²) in [6.07, 6.45) is 0.589. The minimum absolute atomic E-state index is 0.101. The van der Waals surface area contributed by atoms with Crippen LogP contribution in [0.2, 0.25) is 0 Å². The van der Waals surface area contributed by atoms with E-state index in [4.69, 9.17) is 4.74 Å². The van der Waals surface area contributed by atoms with Crippen LogP contribution in [0, 0.1) is 17.5 Å². The maximum Gasteiger partial charge on any atom is 0.306 e. The van der Waals surface area contributed by atoms with Gasteiger partial charge in [0.15, 0.2) is 24.1 Å². The van der Waals surface area contributed by atoms with E-state index in [1.165, 1.54) is 11.3 Å². The Balaban J connectivity index is 1.79. The number of halogens is 3. The molecular weight excluding hydrogens is 331 g/mol. The summed E-state index contributed by atoms with van der Waals surface area (Å²) in [5.74, 6) is -5.99. The number of benzene rings is 1. The SMILES string of the molecule is O=C(COC(=O)CCc1ccsc1)Nc1ccc(F)c(F)c1F. The minimum Gasteiger partial charge on any atom is -0.456 e. The van der Waals surface area contributed by atoms with Crippen molar-refractivity contribution in [3.05, 3.63) is 52.0 Å². The maximum absolute atomic E-state index is 13.4. The van der Waals surface area contributed by atoms with Crippen LogP contribution < -0.4 is 5.32 Å². The summed E-state index contributed by atoms with van der Waals surface area (Å²) in [6, 6.07) is 3.43. The number of hydrogen-bond acceptors (Lipinski definition) is 4. The fourth-order valence-corrected chi connectivity index (χ4v) is 2.41. The van der Waals surface area contributed by atoms with Crippen LogP contribution in [0.5, 0.6) is 0 Å². The summed E-state index contributed by atoms with van der Waals surface area (Å²) in [4.78, 5) is 23.0. The molecule has 1 heterocycles. The lowest BCUT2D eigenvalue weighted by atomic mass is 10.2. The summed E-state index contributed by atoms with van der Waals surface area (Å²) in [5, 5.41) is 5.78. The molecule has 122 valence electrons. The van der Waals surface area contributed by atoms with Crippen LogP contribution in [0.25, 0.3) is 0 Å². The molecule has 1 N–H and O–H groups in total. The lowest BCUT2D eigenvalue weighted by Crippen LogP contribution is -2.21. The van der Waals surface area contributed by atoms with Crippen LogP contribution in [0.3, 0.4) is 0 Å². The monoisotopic (exact) mass is 343 g/mol. The second-order valence-corrected chi connectivity index (χ2v) is 5.34. The van der Waals surface area contributed by atoms with Gasteiger partial charge >= 0.3 is 5.97 Å². The van der Waals surface area contributed by atoms with E-state index in [-0.39, 0.29) is 6.42 Å². The highest BCUT2D eigenvalue weighted by Gasteiger charge is 2.16. The molecule has 1 amide bonds. The Hall–Kier alpha value is -2.35. The Morgan fingerprint density at radius 3 is 2.61 bits per heavy atom. The van der Waals surface area contributed by atoms with Gasteiger partial charge in [0.05, 0.1) is 5.69 Å². The summed E-state index contributed by atoms with van der Waals surface area (Å²) in [6.45, 7) is -0.638. The third-order valence-corrected chi connectivity index (χ3v) is 3.60. The standard InChI is InChI=1S/C15H12F3NO3S/c16-10-2-3-11(15(18)14(10)17)19-12(20)7-22-13(21)4-1-9-5-6-23-8-9/h2-3,5-6,8H,1,4,7H2,(H,19,20). The highest BCUT2D eigenvalue weighted by molar-refractivity contribution is 7.07. The van der Waals surface area contributed by atoms with Gasteiger partial charge in [0.1, 0.15) is 0 Å². The van der Waals surface area contributed by atoms with Crippen LogP contribution in [-0.4, -0.2) is 18.5 Å². The fraction of sp³-hybridized carbons (Fsp3) is 0.200. The molecule has 23 heavy (non-hydrogen) atoms. The first-order chi connectivity index (χ1) is 11.0. The molecule has 2 aromatic rings. The van der Waals surface area contributed by atoms with Gasteiger partial charge in [-0.2, -0.15) is 11.3 Å². The Kier molecular flexibility index (Phi) is 5.75. The number of aryl methyl sites for hydroxylation is 1. The summed E-state index contributed by atoms with van der Waals surface area (Å²) >= 11 is 1.51. The van der Waals surface area contributed by atoms with Crippen LogP contribution in [-0.2, 0) is 20.7 Å². The Morgan fingerprint density at radius 2 is 1.91 bits per heavy atom. The molecule has 0 aliphatic carbocycles. The number of thiophene rings is 1. The van der Waals surface area contributed by atoms with E-state index in [1.807, 2.05) is 22.1 Å². The van der Waals surface area contributed by atoms with Crippen LogP contribution >= 0.6 is 11.3 Å². The quantitative estimate of drug-likeness (QED) is 0.647. The maximum atomic E-state index is 13.4. The van der Waals surface area contributed by atoms with Gasteiger partial charge in [-0.1, -0.05) is 0 Å². The van der Waals surface area contributed by atoms with Gasteiger partial charge in [-0.15, -0.1) is 0 Å².